The van der Waals surface area contributed by atoms with Crippen molar-refractivity contribution in [1.29, 1.82) is 5.26 Å². The third kappa shape index (κ3) is 3.02. The number of carbonyl (C=O) groups excluding carboxylic acids is 1. The van der Waals surface area contributed by atoms with E-state index in [2.05, 4.69) is 23.5 Å². The van der Waals surface area contributed by atoms with Gasteiger partial charge in [0.05, 0.1) is 17.6 Å². The lowest BCUT2D eigenvalue weighted by atomic mass is 9.72. The summed E-state index contributed by atoms with van der Waals surface area (Å²) in [6.07, 6.45) is 1.16. The van der Waals surface area contributed by atoms with Gasteiger partial charge >= 0.3 is 0 Å². The fraction of sp³-hybridized carbons (Fsp3) is 0.217. The SMILES string of the molecule is CC1=C(C#N)[C@H](c2cccc(O)c2)C2=C(C[C@@H](c3ccccc3)CC2=O)N1. The number of nitrogens with one attached hydrogen (secondary N) is 1. The van der Waals surface area contributed by atoms with Crippen LogP contribution >= 0.6 is 0 Å². The average molecular weight is 356 g/mol. The van der Waals surface area contributed by atoms with Gasteiger partial charge in [0, 0.05) is 23.4 Å². The number of hydrogen-bond donors (Lipinski definition) is 2. The Hall–Kier alpha value is -3.32. The van der Waals surface area contributed by atoms with Gasteiger partial charge in [0.1, 0.15) is 5.75 Å². The summed E-state index contributed by atoms with van der Waals surface area (Å²) < 4.78 is 0. The number of allylic oxidation sites excluding steroid dienone is 4. The molecule has 0 amide bonds. The molecule has 2 aromatic carbocycles. The molecule has 1 heterocycles. The summed E-state index contributed by atoms with van der Waals surface area (Å²) in [5.41, 5.74) is 4.78. The van der Waals surface area contributed by atoms with Crippen molar-refractivity contribution < 1.29 is 9.90 Å². The third-order valence-electron chi connectivity index (χ3n) is 5.42. The van der Waals surface area contributed by atoms with Crippen molar-refractivity contribution in [3.05, 3.63) is 88.3 Å². The minimum atomic E-state index is -0.428. The fourth-order valence-electron chi connectivity index (χ4n) is 4.19. The van der Waals surface area contributed by atoms with Crippen LogP contribution in [0.4, 0.5) is 0 Å². The van der Waals surface area contributed by atoms with Crippen LogP contribution in [0.5, 0.6) is 5.75 Å². The molecule has 0 radical (unpaired) electrons. The molecule has 0 aromatic heterocycles. The molecule has 0 bridgehead atoms. The summed E-state index contributed by atoms with van der Waals surface area (Å²) in [4.78, 5) is 13.2. The van der Waals surface area contributed by atoms with E-state index in [0.717, 1.165) is 28.9 Å². The van der Waals surface area contributed by atoms with Crippen LogP contribution in [-0.4, -0.2) is 10.9 Å². The second kappa shape index (κ2) is 6.77. The Morgan fingerprint density at radius 3 is 2.52 bits per heavy atom. The molecular formula is C23H20N2O2. The number of carbonyl (C=O) groups is 1. The third-order valence-corrected chi connectivity index (χ3v) is 5.42. The molecule has 2 aromatic rings. The Morgan fingerprint density at radius 1 is 1.07 bits per heavy atom. The van der Waals surface area contributed by atoms with Crippen LogP contribution in [0.3, 0.4) is 0 Å². The van der Waals surface area contributed by atoms with Crippen LogP contribution in [0.25, 0.3) is 0 Å². The van der Waals surface area contributed by atoms with E-state index in [0.29, 0.717) is 17.6 Å². The second-order valence-electron chi connectivity index (χ2n) is 7.13. The van der Waals surface area contributed by atoms with E-state index in [9.17, 15) is 15.2 Å². The maximum Gasteiger partial charge on any atom is 0.162 e. The summed E-state index contributed by atoms with van der Waals surface area (Å²) >= 11 is 0. The van der Waals surface area contributed by atoms with Crippen molar-refractivity contribution in [3.8, 4) is 11.8 Å². The zero-order chi connectivity index (χ0) is 19.0. The number of Topliss-reactive ketones (excluding diaryl/α,β-unsaturated/α-hetero) is 1. The smallest absolute Gasteiger partial charge is 0.162 e. The van der Waals surface area contributed by atoms with Crippen LogP contribution in [0.2, 0.25) is 0 Å². The molecule has 1 aliphatic heterocycles. The molecule has 4 rings (SSSR count). The van der Waals surface area contributed by atoms with E-state index < -0.39 is 5.92 Å². The first-order chi connectivity index (χ1) is 13.1. The largest absolute Gasteiger partial charge is 0.508 e. The van der Waals surface area contributed by atoms with Gasteiger partial charge in [-0.05, 0) is 42.5 Å². The minimum Gasteiger partial charge on any atom is -0.508 e. The van der Waals surface area contributed by atoms with Gasteiger partial charge in [-0.25, -0.2) is 0 Å². The van der Waals surface area contributed by atoms with Gasteiger partial charge in [-0.15, -0.1) is 0 Å². The minimum absolute atomic E-state index is 0.0613. The van der Waals surface area contributed by atoms with E-state index in [1.807, 2.05) is 31.2 Å². The number of ketones is 1. The Balaban J connectivity index is 1.80. The van der Waals surface area contributed by atoms with E-state index in [1.165, 1.54) is 0 Å². The summed E-state index contributed by atoms with van der Waals surface area (Å²) in [6, 6.07) is 19.2. The first-order valence-electron chi connectivity index (χ1n) is 9.06. The number of rotatable bonds is 2. The molecule has 2 aliphatic rings. The molecule has 0 saturated heterocycles. The van der Waals surface area contributed by atoms with Crippen molar-refractivity contribution in [3.63, 3.8) is 0 Å². The first kappa shape index (κ1) is 17.1. The lowest BCUT2D eigenvalue weighted by molar-refractivity contribution is -0.116. The average Bonchev–Trinajstić information content (AvgIpc) is 2.67. The Labute approximate surface area is 158 Å². The van der Waals surface area contributed by atoms with Crippen LogP contribution in [-0.2, 0) is 4.79 Å². The highest BCUT2D eigenvalue weighted by atomic mass is 16.3. The van der Waals surface area contributed by atoms with Crippen LogP contribution in [0.1, 0.15) is 42.7 Å². The summed E-state index contributed by atoms with van der Waals surface area (Å²) in [7, 11) is 0. The van der Waals surface area contributed by atoms with Gasteiger partial charge in [0.2, 0.25) is 0 Å². The van der Waals surface area contributed by atoms with Gasteiger partial charge in [-0.2, -0.15) is 5.26 Å². The Bertz CT molecular complexity index is 1010. The molecule has 0 fully saturated rings. The van der Waals surface area contributed by atoms with E-state index in [1.54, 1.807) is 18.2 Å². The van der Waals surface area contributed by atoms with E-state index in [4.69, 9.17) is 0 Å². The highest BCUT2D eigenvalue weighted by Gasteiger charge is 2.38. The number of phenolic OH excluding ortho intramolecular Hbond substituents is 1. The maximum absolute atomic E-state index is 13.2. The van der Waals surface area contributed by atoms with Crippen molar-refractivity contribution >= 4 is 5.78 Å². The van der Waals surface area contributed by atoms with Crippen molar-refractivity contribution in [2.75, 3.05) is 0 Å². The monoisotopic (exact) mass is 356 g/mol. The number of nitrogens with zero attached hydrogens (tertiary/aromatic N) is 1. The number of nitriles is 1. The normalized spacial score (nSPS) is 22.1. The number of dihydropyridines is 1. The summed E-state index contributed by atoms with van der Waals surface area (Å²) in [6.45, 7) is 1.87. The molecule has 0 spiro atoms. The molecule has 0 saturated carbocycles. The van der Waals surface area contributed by atoms with Crippen LogP contribution in [0, 0.1) is 11.3 Å². The van der Waals surface area contributed by atoms with Crippen LogP contribution in [0.15, 0.2) is 77.1 Å². The van der Waals surface area contributed by atoms with Crippen molar-refractivity contribution in [1.82, 2.24) is 5.32 Å². The molecule has 2 atom stereocenters. The standard InChI is InChI=1S/C23H20N2O2/c1-14-19(13-24)22(16-8-5-9-18(26)10-16)23-20(25-14)11-17(12-21(23)27)15-6-3-2-4-7-15/h2-10,17,22,25-26H,11-12H2,1H3/t17-,22+/m1/s1. The quantitative estimate of drug-likeness (QED) is 0.842. The molecule has 2 N–H and O–H groups in total. The van der Waals surface area contributed by atoms with E-state index in [-0.39, 0.29) is 17.5 Å². The summed E-state index contributed by atoms with van der Waals surface area (Å²) in [5, 5.41) is 22.9. The van der Waals surface area contributed by atoms with Gasteiger partial charge in [0.15, 0.2) is 5.78 Å². The zero-order valence-corrected chi connectivity index (χ0v) is 15.1. The van der Waals surface area contributed by atoms with Crippen molar-refractivity contribution in [2.45, 2.75) is 31.6 Å². The molecule has 4 heteroatoms. The first-order valence-corrected chi connectivity index (χ1v) is 9.06. The van der Waals surface area contributed by atoms with Gasteiger partial charge in [-0.1, -0.05) is 42.5 Å². The molecule has 27 heavy (non-hydrogen) atoms. The zero-order valence-electron chi connectivity index (χ0n) is 15.1. The maximum atomic E-state index is 13.2. The topological polar surface area (TPSA) is 73.1 Å². The highest BCUT2D eigenvalue weighted by molar-refractivity contribution is 6.00. The number of phenols is 1. The van der Waals surface area contributed by atoms with E-state index >= 15 is 0 Å². The van der Waals surface area contributed by atoms with Gasteiger partial charge < -0.3 is 10.4 Å². The predicted molar refractivity (Wildman–Crippen MR) is 103 cm³/mol. The number of aromatic hydroxyl groups is 1. The number of benzene rings is 2. The summed E-state index contributed by atoms with van der Waals surface area (Å²) in [5.74, 6) is -0.103. The molecule has 1 aliphatic carbocycles. The molecule has 4 nitrogen and oxygen atoms in total. The lowest BCUT2D eigenvalue weighted by Gasteiger charge is -2.35. The highest BCUT2D eigenvalue weighted by Crippen LogP contribution is 2.45. The van der Waals surface area contributed by atoms with Gasteiger partial charge in [-0.3, -0.25) is 4.79 Å². The molecule has 0 unspecified atom stereocenters. The van der Waals surface area contributed by atoms with Gasteiger partial charge in [0.25, 0.3) is 0 Å². The Morgan fingerprint density at radius 2 is 1.81 bits per heavy atom. The van der Waals surface area contributed by atoms with Crippen molar-refractivity contribution in [2.24, 2.45) is 0 Å². The predicted octanol–water partition coefficient (Wildman–Crippen LogP) is 4.28. The Kier molecular flexibility index (Phi) is 4.29. The van der Waals surface area contributed by atoms with Crippen LogP contribution < -0.4 is 5.32 Å². The lowest BCUT2D eigenvalue weighted by Crippen LogP contribution is -2.33. The second-order valence-corrected chi connectivity index (χ2v) is 7.13. The fourth-order valence-corrected chi connectivity index (χ4v) is 4.19. The molecular weight excluding hydrogens is 336 g/mol. The number of hydrogen-bond acceptors (Lipinski definition) is 4. The molecule has 134 valence electrons.